The Kier molecular flexibility index (Phi) is 3.17. The van der Waals surface area contributed by atoms with E-state index in [1.165, 1.54) is 0 Å². The van der Waals surface area contributed by atoms with E-state index in [1.54, 1.807) is 0 Å². The molecule has 0 aromatic carbocycles. The Morgan fingerprint density at radius 3 is 2.50 bits per heavy atom. The van der Waals surface area contributed by atoms with Crippen LogP contribution in [0.15, 0.2) is 12.4 Å². The van der Waals surface area contributed by atoms with Gasteiger partial charge in [-0.2, -0.15) is 0 Å². The quantitative estimate of drug-likeness (QED) is 0.736. The molecule has 0 bridgehead atoms. The molecule has 66 valence electrons. The fourth-order valence-electron chi connectivity index (χ4n) is 1.02. The zero-order valence-electron chi connectivity index (χ0n) is 7.83. The van der Waals surface area contributed by atoms with Gasteiger partial charge in [0.05, 0.1) is 6.04 Å². The molecule has 0 radical (unpaired) electrons. The third kappa shape index (κ3) is 2.27. The average Bonchev–Trinajstić information content (AvgIpc) is 2.06. The van der Waals surface area contributed by atoms with Crippen LogP contribution in [0.1, 0.15) is 31.3 Å². The van der Waals surface area contributed by atoms with Gasteiger partial charge in [-0.25, -0.2) is 9.97 Å². The first-order valence-corrected chi connectivity index (χ1v) is 4.26. The summed E-state index contributed by atoms with van der Waals surface area (Å²) in [6, 6.07) is 0.246. The third-order valence-electron chi connectivity index (χ3n) is 1.70. The number of nitrogens with one attached hydrogen (secondary N) is 1. The van der Waals surface area contributed by atoms with Crippen molar-refractivity contribution < 1.29 is 0 Å². The average molecular weight is 165 g/mol. The van der Waals surface area contributed by atoms with Gasteiger partial charge < -0.3 is 5.32 Å². The van der Waals surface area contributed by atoms with Crippen molar-refractivity contribution in [2.75, 3.05) is 6.54 Å². The van der Waals surface area contributed by atoms with Crippen LogP contribution in [0.4, 0.5) is 0 Å². The first-order chi connectivity index (χ1) is 5.74. The van der Waals surface area contributed by atoms with Gasteiger partial charge in [-0.05, 0) is 26.0 Å². The molecule has 0 aliphatic heterocycles. The number of hydrogen-bond donors (Lipinski definition) is 1. The molecule has 3 nitrogen and oxygen atoms in total. The van der Waals surface area contributed by atoms with Crippen LogP contribution in [0.3, 0.4) is 0 Å². The zero-order chi connectivity index (χ0) is 8.97. The van der Waals surface area contributed by atoms with Gasteiger partial charge in [0.2, 0.25) is 0 Å². The molecule has 0 saturated heterocycles. The molecule has 1 aromatic heterocycles. The second kappa shape index (κ2) is 4.16. The number of hydrogen-bond acceptors (Lipinski definition) is 3. The van der Waals surface area contributed by atoms with Crippen LogP contribution in [0.25, 0.3) is 0 Å². The van der Waals surface area contributed by atoms with Crippen LogP contribution in [0.2, 0.25) is 0 Å². The molecule has 1 rings (SSSR count). The van der Waals surface area contributed by atoms with Crippen LogP contribution in [-0.2, 0) is 0 Å². The van der Waals surface area contributed by atoms with E-state index in [-0.39, 0.29) is 6.04 Å². The summed E-state index contributed by atoms with van der Waals surface area (Å²) in [5.41, 5.74) is 1.10. The Labute approximate surface area is 73.2 Å². The summed E-state index contributed by atoms with van der Waals surface area (Å²) in [6.07, 6.45) is 3.69. The molecule has 0 amide bonds. The highest BCUT2D eigenvalue weighted by molar-refractivity contribution is 5.03. The summed E-state index contributed by atoms with van der Waals surface area (Å²) in [5, 5.41) is 3.26. The normalized spacial score (nSPS) is 12.9. The van der Waals surface area contributed by atoms with Crippen LogP contribution in [-0.4, -0.2) is 16.5 Å². The number of aryl methyl sites for hydroxylation is 1. The minimum atomic E-state index is 0.246. The maximum atomic E-state index is 4.22. The Bertz CT molecular complexity index is 230. The standard InChI is InChI=1S/C9H15N3/c1-4-10-8(3)9-11-5-7(2)6-12-9/h5-6,8,10H,4H2,1-3H3. The second-order valence-electron chi connectivity index (χ2n) is 2.90. The molecule has 0 aliphatic rings. The van der Waals surface area contributed by atoms with Crippen LogP contribution in [0, 0.1) is 6.92 Å². The Balaban J connectivity index is 2.68. The maximum Gasteiger partial charge on any atom is 0.144 e. The Hall–Kier alpha value is -0.960. The van der Waals surface area contributed by atoms with E-state index in [1.807, 2.05) is 19.3 Å². The highest BCUT2D eigenvalue weighted by Gasteiger charge is 2.04. The molecule has 12 heavy (non-hydrogen) atoms. The topological polar surface area (TPSA) is 37.8 Å². The van der Waals surface area contributed by atoms with E-state index < -0.39 is 0 Å². The summed E-state index contributed by atoms with van der Waals surface area (Å²) in [5.74, 6) is 0.863. The summed E-state index contributed by atoms with van der Waals surface area (Å²) in [7, 11) is 0. The van der Waals surface area contributed by atoms with Crippen molar-refractivity contribution in [2.45, 2.75) is 26.8 Å². The fraction of sp³-hybridized carbons (Fsp3) is 0.556. The highest BCUT2D eigenvalue weighted by Crippen LogP contribution is 2.04. The van der Waals surface area contributed by atoms with Crippen LogP contribution in [0.5, 0.6) is 0 Å². The van der Waals surface area contributed by atoms with Gasteiger partial charge in [0.15, 0.2) is 0 Å². The van der Waals surface area contributed by atoms with Crippen molar-refractivity contribution in [1.82, 2.24) is 15.3 Å². The Morgan fingerprint density at radius 2 is 2.00 bits per heavy atom. The maximum absolute atomic E-state index is 4.22. The zero-order valence-corrected chi connectivity index (χ0v) is 7.83. The molecular weight excluding hydrogens is 150 g/mol. The molecule has 1 atom stereocenters. The van der Waals surface area contributed by atoms with E-state index >= 15 is 0 Å². The van der Waals surface area contributed by atoms with Gasteiger partial charge in [-0.15, -0.1) is 0 Å². The lowest BCUT2D eigenvalue weighted by atomic mass is 10.3. The molecule has 1 heterocycles. The monoisotopic (exact) mass is 165 g/mol. The van der Waals surface area contributed by atoms with Crippen molar-refractivity contribution in [3.05, 3.63) is 23.8 Å². The van der Waals surface area contributed by atoms with E-state index in [2.05, 4.69) is 29.1 Å². The molecule has 0 spiro atoms. The lowest BCUT2D eigenvalue weighted by molar-refractivity contribution is 0.565. The smallest absolute Gasteiger partial charge is 0.144 e. The molecule has 1 N–H and O–H groups in total. The van der Waals surface area contributed by atoms with Crippen molar-refractivity contribution in [2.24, 2.45) is 0 Å². The highest BCUT2D eigenvalue weighted by atomic mass is 15.0. The van der Waals surface area contributed by atoms with Crippen molar-refractivity contribution in [1.29, 1.82) is 0 Å². The molecular formula is C9H15N3. The predicted molar refractivity (Wildman–Crippen MR) is 48.9 cm³/mol. The summed E-state index contributed by atoms with van der Waals surface area (Å²) in [6.45, 7) is 7.07. The molecule has 0 aliphatic carbocycles. The van der Waals surface area contributed by atoms with E-state index in [0.717, 1.165) is 17.9 Å². The summed E-state index contributed by atoms with van der Waals surface area (Å²) < 4.78 is 0. The SMILES string of the molecule is CCNC(C)c1ncc(C)cn1. The minimum Gasteiger partial charge on any atom is -0.308 e. The first kappa shape index (κ1) is 9.13. The summed E-state index contributed by atoms with van der Waals surface area (Å²) in [4.78, 5) is 8.45. The molecule has 3 heteroatoms. The van der Waals surface area contributed by atoms with Gasteiger partial charge in [-0.3, -0.25) is 0 Å². The first-order valence-electron chi connectivity index (χ1n) is 4.26. The minimum absolute atomic E-state index is 0.246. The third-order valence-corrected chi connectivity index (χ3v) is 1.70. The van der Waals surface area contributed by atoms with E-state index in [9.17, 15) is 0 Å². The van der Waals surface area contributed by atoms with Gasteiger partial charge in [0.25, 0.3) is 0 Å². The van der Waals surface area contributed by atoms with Gasteiger partial charge in [0.1, 0.15) is 5.82 Å². The number of aromatic nitrogens is 2. The molecule has 1 unspecified atom stereocenters. The lowest BCUT2D eigenvalue weighted by Crippen LogP contribution is -2.19. The number of nitrogens with zero attached hydrogens (tertiary/aromatic N) is 2. The molecule has 0 saturated carbocycles. The van der Waals surface area contributed by atoms with Crippen molar-refractivity contribution in [3.63, 3.8) is 0 Å². The number of rotatable bonds is 3. The molecule has 1 aromatic rings. The fourth-order valence-corrected chi connectivity index (χ4v) is 1.02. The lowest BCUT2D eigenvalue weighted by Gasteiger charge is -2.09. The van der Waals surface area contributed by atoms with Gasteiger partial charge >= 0.3 is 0 Å². The van der Waals surface area contributed by atoms with Crippen molar-refractivity contribution >= 4 is 0 Å². The largest absolute Gasteiger partial charge is 0.308 e. The van der Waals surface area contributed by atoms with Gasteiger partial charge in [0, 0.05) is 12.4 Å². The van der Waals surface area contributed by atoms with Crippen LogP contribution < -0.4 is 5.32 Å². The van der Waals surface area contributed by atoms with E-state index in [0.29, 0.717) is 0 Å². The van der Waals surface area contributed by atoms with E-state index in [4.69, 9.17) is 0 Å². The summed E-state index contributed by atoms with van der Waals surface area (Å²) >= 11 is 0. The Morgan fingerprint density at radius 1 is 1.42 bits per heavy atom. The van der Waals surface area contributed by atoms with Crippen LogP contribution >= 0.6 is 0 Å². The second-order valence-corrected chi connectivity index (χ2v) is 2.90. The van der Waals surface area contributed by atoms with Crippen molar-refractivity contribution in [3.8, 4) is 0 Å². The predicted octanol–water partition coefficient (Wildman–Crippen LogP) is 1.46. The molecule has 0 fully saturated rings. The van der Waals surface area contributed by atoms with Gasteiger partial charge in [-0.1, -0.05) is 6.92 Å².